The molecule has 0 N–H and O–H groups in total. The number of aryl methyl sites for hydroxylation is 1. The Labute approximate surface area is 180 Å². The van der Waals surface area contributed by atoms with Crippen LogP contribution in [0, 0.1) is 0 Å². The first-order valence-corrected chi connectivity index (χ1v) is 10.7. The van der Waals surface area contributed by atoms with Crippen LogP contribution in [-0.2, 0) is 12.8 Å². The van der Waals surface area contributed by atoms with Crippen LogP contribution in [0.4, 0.5) is 5.82 Å². The van der Waals surface area contributed by atoms with Crippen LogP contribution in [0.5, 0.6) is 11.5 Å². The Kier molecular flexibility index (Phi) is 5.09. The van der Waals surface area contributed by atoms with Crippen molar-refractivity contribution in [2.75, 3.05) is 45.3 Å². The van der Waals surface area contributed by atoms with Gasteiger partial charge in [0.15, 0.2) is 0 Å². The maximum absolute atomic E-state index is 13.2. The molecule has 0 atom stereocenters. The summed E-state index contributed by atoms with van der Waals surface area (Å²) in [6, 6.07) is 5.30. The van der Waals surface area contributed by atoms with Gasteiger partial charge in [0.2, 0.25) is 0 Å². The lowest BCUT2D eigenvalue weighted by molar-refractivity contribution is 0.0743. The van der Waals surface area contributed by atoms with Crippen LogP contribution in [0.3, 0.4) is 0 Å². The van der Waals surface area contributed by atoms with Crippen LogP contribution < -0.4 is 14.4 Å². The number of aromatic nitrogens is 4. The van der Waals surface area contributed by atoms with E-state index < -0.39 is 0 Å². The van der Waals surface area contributed by atoms with Gasteiger partial charge in [-0.15, -0.1) is 0 Å². The Bertz CT molecular complexity index is 1120. The number of carbonyl (C=O) groups excluding carboxylic acids is 1. The van der Waals surface area contributed by atoms with E-state index in [4.69, 9.17) is 14.5 Å². The highest BCUT2D eigenvalue weighted by Crippen LogP contribution is 2.31. The molecule has 3 aromatic rings. The summed E-state index contributed by atoms with van der Waals surface area (Å²) in [6.45, 7) is 2.72. The SMILES string of the molecule is COc1ccc(C(=O)N2CCN(c3c4c(nc5ncnn35)CCCC4)CC2)c(OC)c1. The smallest absolute Gasteiger partial charge is 0.257 e. The zero-order chi connectivity index (χ0) is 21.4. The van der Waals surface area contributed by atoms with E-state index in [9.17, 15) is 4.79 Å². The van der Waals surface area contributed by atoms with Crippen LogP contribution in [0.2, 0.25) is 0 Å². The number of ether oxygens (including phenoxy) is 2. The van der Waals surface area contributed by atoms with Gasteiger partial charge in [-0.05, 0) is 37.8 Å². The molecule has 9 nitrogen and oxygen atoms in total. The van der Waals surface area contributed by atoms with Gasteiger partial charge in [-0.1, -0.05) is 0 Å². The fourth-order valence-corrected chi connectivity index (χ4v) is 4.55. The second kappa shape index (κ2) is 8.05. The summed E-state index contributed by atoms with van der Waals surface area (Å²) in [4.78, 5) is 26.4. The molecule has 5 rings (SSSR count). The molecule has 9 heteroatoms. The number of benzene rings is 1. The fraction of sp³-hybridized carbons (Fsp3) is 0.455. The van der Waals surface area contributed by atoms with Crippen LogP contribution in [-0.4, -0.2) is 70.8 Å². The topological polar surface area (TPSA) is 85.1 Å². The number of hydrogen-bond acceptors (Lipinski definition) is 7. The number of piperazine rings is 1. The van der Waals surface area contributed by atoms with Gasteiger partial charge >= 0.3 is 0 Å². The molecule has 2 aliphatic rings. The first-order valence-electron chi connectivity index (χ1n) is 10.7. The van der Waals surface area contributed by atoms with Gasteiger partial charge in [-0.2, -0.15) is 14.6 Å². The van der Waals surface area contributed by atoms with E-state index in [-0.39, 0.29) is 5.91 Å². The molecule has 0 spiro atoms. The molecule has 2 aromatic heterocycles. The third kappa shape index (κ3) is 3.43. The second-order valence-corrected chi connectivity index (χ2v) is 7.89. The number of hydrogen-bond donors (Lipinski definition) is 0. The minimum Gasteiger partial charge on any atom is -0.497 e. The Hall–Kier alpha value is -3.36. The van der Waals surface area contributed by atoms with Crippen molar-refractivity contribution in [3.05, 3.63) is 41.3 Å². The zero-order valence-electron chi connectivity index (χ0n) is 17.9. The zero-order valence-corrected chi connectivity index (χ0v) is 17.9. The first-order chi connectivity index (χ1) is 15.2. The minimum atomic E-state index is -0.0261. The van der Waals surface area contributed by atoms with Crippen molar-refractivity contribution >= 4 is 17.5 Å². The molecule has 1 aromatic carbocycles. The Balaban J connectivity index is 1.38. The second-order valence-electron chi connectivity index (χ2n) is 7.89. The lowest BCUT2D eigenvalue weighted by Gasteiger charge is -2.37. The summed E-state index contributed by atoms with van der Waals surface area (Å²) in [5, 5.41) is 4.44. The largest absolute Gasteiger partial charge is 0.497 e. The van der Waals surface area contributed by atoms with E-state index in [1.54, 1.807) is 38.7 Å². The van der Waals surface area contributed by atoms with E-state index in [2.05, 4.69) is 15.0 Å². The standard InChI is InChI=1S/C22H26N6O3/c1-30-15-7-8-17(19(13-15)31-2)21(29)27-11-9-26(10-12-27)20-16-5-3-4-6-18(16)25-22-23-14-24-28(20)22/h7-8,13-14H,3-6,9-12H2,1-2H3. The number of rotatable bonds is 4. The van der Waals surface area contributed by atoms with Crippen molar-refractivity contribution in [3.63, 3.8) is 0 Å². The lowest BCUT2D eigenvalue weighted by Crippen LogP contribution is -2.49. The predicted molar refractivity (Wildman–Crippen MR) is 115 cm³/mol. The molecule has 1 amide bonds. The van der Waals surface area contributed by atoms with Crippen LogP contribution >= 0.6 is 0 Å². The molecule has 0 radical (unpaired) electrons. The summed E-state index contributed by atoms with van der Waals surface area (Å²) in [5.41, 5.74) is 2.97. The highest BCUT2D eigenvalue weighted by atomic mass is 16.5. The van der Waals surface area contributed by atoms with Crippen LogP contribution in [0.25, 0.3) is 5.78 Å². The van der Waals surface area contributed by atoms with Gasteiger partial charge in [0.25, 0.3) is 11.7 Å². The Morgan fingerprint density at radius 2 is 1.84 bits per heavy atom. The highest BCUT2D eigenvalue weighted by Gasteiger charge is 2.29. The monoisotopic (exact) mass is 422 g/mol. The third-order valence-electron chi connectivity index (χ3n) is 6.18. The molecule has 1 aliphatic carbocycles. The highest BCUT2D eigenvalue weighted by molar-refractivity contribution is 5.97. The summed E-state index contributed by atoms with van der Waals surface area (Å²) >= 11 is 0. The minimum absolute atomic E-state index is 0.0261. The molecular formula is C22H26N6O3. The maximum Gasteiger partial charge on any atom is 0.257 e. The van der Waals surface area contributed by atoms with Gasteiger partial charge in [-0.25, -0.2) is 4.98 Å². The van der Waals surface area contributed by atoms with E-state index in [0.29, 0.717) is 35.9 Å². The van der Waals surface area contributed by atoms with Gasteiger partial charge in [0.05, 0.1) is 25.5 Å². The number of carbonyl (C=O) groups is 1. The van der Waals surface area contributed by atoms with Crippen molar-refractivity contribution in [1.29, 1.82) is 0 Å². The normalized spacial score (nSPS) is 16.3. The van der Waals surface area contributed by atoms with Gasteiger partial charge in [0, 0.05) is 37.8 Å². The molecule has 31 heavy (non-hydrogen) atoms. The van der Waals surface area contributed by atoms with Crippen molar-refractivity contribution in [2.24, 2.45) is 0 Å². The number of methoxy groups -OCH3 is 2. The van der Waals surface area contributed by atoms with Gasteiger partial charge in [0.1, 0.15) is 23.6 Å². The Morgan fingerprint density at radius 3 is 2.61 bits per heavy atom. The van der Waals surface area contributed by atoms with Crippen LogP contribution in [0.15, 0.2) is 24.5 Å². The average molecular weight is 422 g/mol. The predicted octanol–water partition coefficient (Wildman–Crippen LogP) is 1.98. The molecular weight excluding hydrogens is 396 g/mol. The molecule has 1 aliphatic heterocycles. The number of nitrogens with zero attached hydrogens (tertiary/aromatic N) is 6. The van der Waals surface area contributed by atoms with Gasteiger partial charge < -0.3 is 19.3 Å². The quantitative estimate of drug-likeness (QED) is 0.636. The summed E-state index contributed by atoms with van der Waals surface area (Å²) in [6.07, 6.45) is 5.89. The molecule has 0 saturated carbocycles. The number of anilines is 1. The van der Waals surface area contributed by atoms with Crippen molar-refractivity contribution in [1.82, 2.24) is 24.5 Å². The van der Waals surface area contributed by atoms with E-state index in [1.807, 2.05) is 9.42 Å². The summed E-state index contributed by atoms with van der Waals surface area (Å²) < 4.78 is 12.5. The van der Waals surface area contributed by atoms with E-state index in [0.717, 1.165) is 50.3 Å². The fourth-order valence-electron chi connectivity index (χ4n) is 4.55. The first kappa shape index (κ1) is 19.6. The van der Waals surface area contributed by atoms with Crippen molar-refractivity contribution in [2.45, 2.75) is 25.7 Å². The molecule has 1 saturated heterocycles. The maximum atomic E-state index is 13.2. The average Bonchev–Trinajstić information content (AvgIpc) is 3.29. The van der Waals surface area contributed by atoms with E-state index in [1.165, 1.54) is 5.56 Å². The Morgan fingerprint density at radius 1 is 1.03 bits per heavy atom. The van der Waals surface area contributed by atoms with Crippen LogP contribution in [0.1, 0.15) is 34.5 Å². The van der Waals surface area contributed by atoms with Crippen molar-refractivity contribution < 1.29 is 14.3 Å². The lowest BCUT2D eigenvalue weighted by atomic mass is 9.96. The number of amides is 1. The summed E-state index contributed by atoms with van der Waals surface area (Å²) in [7, 11) is 3.17. The third-order valence-corrected chi connectivity index (χ3v) is 6.18. The molecule has 0 unspecified atom stereocenters. The number of fused-ring (bicyclic) bond motifs is 2. The van der Waals surface area contributed by atoms with Crippen molar-refractivity contribution in [3.8, 4) is 11.5 Å². The molecule has 0 bridgehead atoms. The molecule has 162 valence electrons. The summed E-state index contributed by atoms with van der Waals surface area (Å²) in [5.74, 6) is 2.90. The van der Waals surface area contributed by atoms with E-state index >= 15 is 0 Å². The van der Waals surface area contributed by atoms with Gasteiger partial charge in [-0.3, -0.25) is 4.79 Å². The molecule has 1 fully saturated rings. The molecule has 3 heterocycles.